The van der Waals surface area contributed by atoms with Crippen LogP contribution in [0.4, 0.5) is 5.69 Å². The van der Waals surface area contributed by atoms with Crippen LogP contribution >= 0.6 is 0 Å². The molecule has 1 N–H and O–H groups in total. The molecule has 0 fully saturated rings. The molecule has 1 aliphatic rings. The fourth-order valence-corrected chi connectivity index (χ4v) is 2.90. The lowest BCUT2D eigenvalue weighted by Crippen LogP contribution is -2.42. The van der Waals surface area contributed by atoms with Crippen LogP contribution in [0.15, 0.2) is 42.5 Å². The van der Waals surface area contributed by atoms with Crippen LogP contribution < -0.4 is 14.8 Å². The molecular formula is C19H20N2O4. The number of rotatable bonds is 3. The highest BCUT2D eigenvalue weighted by atomic mass is 16.5. The summed E-state index contributed by atoms with van der Waals surface area (Å²) in [6.45, 7) is 0.968. The van der Waals surface area contributed by atoms with E-state index in [1.165, 1.54) is 19.8 Å². The summed E-state index contributed by atoms with van der Waals surface area (Å²) in [6, 6.07) is 13.0. The molecule has 6 heteroatoms. The monoisotopic (exact) mass is 340 g/mol. The van der Waals surface area contributed by atoms with Gasteiger partial charge in [-0.2, -0.15) is 0 Å². The van der Waals surface area contributed by atoms with Gasteiger partial charge in [0.1, 0.15) is 11.5 Å². The maximum absolute atomic E-state index is 12.5. The van der Waals surface area contributed by atoms with Crippen LogP contribution in [0.25, 0.3) is 0 Å². The molecule has 0 aromatic heterocycles. The molecule has 6 nitrogen and oxygen atoms in total. The van der Waals surface area contributed by atoms with Gasteiger partial charge in [0.25, 0.3) is 0 Å². The minimum atomic E-state index is -0.689. The number of carbonyl (C=O) groups excluding carboxylic acids is 2. The number of methoxy groups -OCH3 is 2. The Balaban J connectivity index is 1.73. The van der Waals surface area contributed by atoms with Crippen molar-refractivity contribution in [2.75, 3.05) is 26.1 Å². The zero-order chi connectivity index (χ0) is 17.8. The summed E-state index contributed by atoms with van der Waals surface area (Å²) in [4.78, 5) is 26.5. The van der Waals surface area contributed by atoms with Crippen molar-refractivity contribution in [1.29, 1.82) is 0 Å². The third-order valence-corrected chi connectivity index (χ3v) is 4.27. The summed E-state index contributed by atoms with van der Waals surface area (Å²) in [6.07, 6.45) is 0.748. The molecule has 130 valence electrons. The van der Waals surface area contributed by atoms with Gasteiger partial charge in [0.2, 0.25) is 0 Å². The van der Waals surface area contributed by atoms with Gasteiger partial charge in [-0.3, -0.25) is 9.59 Å². The number of nitrogens with zero attached hydrogens (tertiary/aromatic N) is 1. The second-order valence-corrected chi connectivity index (χ2v) is 5.77. The van der Waals surface area contributed by atoms with E-state index < -0.39 is 11.8 Å². The van der Waals surface area contributed by atoms with E-state index in [4.69, 9.17) is 9.47 Å². The number of amides is 2. The highest BCUT2D eigenvalue weighted by Crippen LogP contribution is 2.29. The lowest BCUT2D eigenvalue weighted by molar-refractivity contribution is -0.143. The molecule has 25 heavy (non-hydrogen) atoms. The van der Waals surface area contributed by atoms with Gasteiger partial charge in [-0.1, -0.05) is 24.3 Å². The molecule has 0 bridgehead atoms. The average molecular weight is 340 g/mol. The van der Waals surface area contributed by atoms with Gasteiger partial charge < -0.3 is 19.7 Å². The molecule has 0 aliphatic carbocycles. The largest absolute Gasteiger partial charge is 0.497 e. The van der Waals surface area contributed by atoms with Crippen molar-refractivity contribution in [3.05, 3.63) is 53.6 Å². The van der Waals surface area contributed by atoms with Crippen LogP contribution in [0.2, 0.25) is 0 Å². The molecule has 2 aromatic carbocycles. The summed E-state index contributed by atoms with van der Waals surface area (Å²) >= 11 is 0. The lowest BCUT2D eigenvalue weighted by atomic mass is 10.00. The van der Waals surface area contributed by atoms with Crippen LogP contribution in [-0.2, 0) is 22.6 Å². The van der Waals surface area contributed by atoms with E-state index in [0.29, 0.717) is 30.3 Å². The molecule has 0 atom stereocenters. The minimum absolute atomic E-state index is 0.401. The van der Waals surface area contributed by atoms with E-state index in [-0.39, 0.29) is 0 Å². The van der Waals surface area contributed by atoms with Gasteiger partial charge in [0.15, 0.2) is 0 Å². The molecule has 0 unspecified atom stereocenters. The molecule has 0 radical (unpaired) electrons. The highest BCUT2D eigenvalue weighted by molar-refractivity contribution is 6.39. The van der Waals surface area contributed by atoms with Crippen molar-refractivity contribution in [1.82, 2.24) is 4.90 Å². The first kappa shape index (κ1) is 16.8. The van der Waals surface area contributed by atoms with Crippen LogP contribution in [0.1, 0.15) is 11.1 Å². The molecule has 0 spiro atoms. The Bertz CT molecular complexity index is 804. The number of benzene rings is 2. The van der Waals surface area contributed by atoms with Crippen LogP contribution in [0.5, 0.6) is 11.5 Å². The fraction of sp³-hybridized carbons (Fsp3) is 0.263. The maximum atomic E-state index is 12.5. The number of hydrogen-bond acceptors (Lipinski definition) is 4. The Morgan fingerprint density at radius 2 is 1.80 bits per heavy atom. The number of hydrogen-bond donors (Lipinski definition) is 1. The highest BCUT2D eigenvalue weighted by Gasteiger charge is 2.26. The third-order valence-electron chi connectivity index (χ3n) is 4.27. The average Bonchev–Trinajstić information content (AvgIpc) is 2.66. The third kappa shape index (κ3) is 3.57. The van der Waals surface area contributed by atoms with Gasteiger partial charge >= 0.3 is 11.8 Å². The SMILES string of the molecule is COc1ccc(OC)c(NC(=O)C(=O)N2CCc3ccccc3C2)c1. The summed E-state index contributed by atoms with van der Waals surface area (Å²) in [5.41, 5.74) is 2.70. The smallest absolute Gasteiger partial charge is 0.314 e. The Labute approximate surface area is 146 Å². The number of anilines is 1. The Morgan fingerprint density at radius 1 is 1.04 bits per heavy atom. The topological polar surface area (TPSA) is 67.9 Å². The molecule has 2 aromatic rings. The van der Waals surface area contributed by atoms with E-state index in [2.05, 4.69) is 11.4 Å². The Hall–Kier alpha value is -3.02. The van der Waals surface area contributed by atoms with Gasteiger partial charge in [-0.15, -0.1) is 0 Å². The van der Waals surface area contributed by atoms with E-state index in [9.17, 15) is 9.59 Å². The van der Waals surface area contributed by atoms with Crippen LogP contribution in [-0.4, -0.2) is 37.5 Å². The molecule has 1 aliphatic heterocycles. The molecular weight excluding hydrogens is 320 g/mol. The van der Waals surface area contributed by atoms with E-state index >= 15 is 0 Å². The summed E-state index contributed by atoms with van der Waals surface area (Å²) in [7, 11) is 3.03. The summed E-state index contributed by atoms with van der Waals surface area (Å²) in [5.74, 6) is -0.216. The normalized spacial score (nSPS) is 13.0. The van der Waals surface area contributed by atoms with E-state index in [1.54, 1.807) is 23.1 Å². The van der Waals surface area contributed by atoms with Crippen LogP contribution in [0.3, 0.4) is 0 Å². The number of nitrogens with one attached hydrogen (secondary N) is 1. The van der Waals surface area contributed by atoms with Gasteiger partial charge in [0.05, 0.1) is 19.9 Å². The van der Waals surface area contributed by atoms with Crippen molar-refractivity contribution in [2.45, 2.75) is 13.0 Å². The Morgan fingerprint density at radius 3 is 2.52 bits per heavy atom. The van der Waals surface area contributed by atoms with Crippen molar-refractivity contribution in [3.63, 3.8) is 0 Å². The molecule has 0 saturated heterocycles. The quantitative estimate of drug-likeness (QED) is 0.870. The first-order chi connectivity index (χ1) is 12.1. The van der Waals surface area contributed by atoms with E-state index in [0.717, 1.165) is 12.0 Å². The molecule has 0 saturated carbocycles. The first-order valence-corrected chi connectivity index (χ1v) is 8.01. The molecule has 1 heterocycles. The zero-order valence-electron chi connectivity index (χ0n) is 14.2. The first-order valence-electron chi connectivity index (χ1n) is 8.01. The van der Waals surface area contributed by atoms with E-state index in [1.807, 2.05) is 18.2 Å². The fourth-order valence-electron chi connectivity index (χ4n) is 2.90. The number of fused-ring (bicyclic) bond motifs is 1. The van der Waals surface area contributed by atoms with Crippen molar-refractivity contribution < 1.29 is 19.1 Å². The summed E-state index contributed by atoms with van der Waals surface area (Å²) in [5, 5.41) is 2.62. The predicted octanol–water partition coefficient (Wildman–Crippen LogP) is 2.23. The second kappa shape index (κ2) is 7.25. The lowest BCUT2D eigenvalue weighted by Gasteiger charge is -2.28. The van der Waals surface area contributed by atoms with Crippen molar-refractivity contribution in [2.24, 2.45) is 0 Å². The Kier molecular flexibility index (Phi) is 4.88. The maximum Gasteiger partial charge on any atom is 0.314 e. The second-order valence-electron chi connectivity index (χ2n) is 5.77. The van der Waals surface area contributed by atoms with Gasteiger partial charge in [-0.05, 0) is 29.7 Å². The predicted molar refractivity (Wildman–Crippen MR) is 93.7 cm³/mol. The number of carbonyl (C=O) groups is 2. The molecule has 2 amide bonds. The standard InChI is InChI=1S/C19H20N2O4/c1-24-15-7-8-17(25-2)16(11-15)20-18(22)19(23)21-10-9-13-5-3-4-6-14(13)12-21/h3-8,11H,9-10,12H2,1-2H3,(H,20,22). The number of ether oxygens (including phenoxy) is 2. The van der Waals surface area contributed by atoms with Crippen molar-refractivity contribution >= 4 is 17.5 Å². The molecule has 3 rings (SSSR count). The van der Waals surface area contributed by atoms with Gasteiger partial charge in [0, 0.05) is 19.2 Å². The van der Waals surface area contributed by atoms with Crippen molar-refractivity contribution in [3.8, 4) is 11.5 Å². The van der Waals surface area contributed by atoms with Gasteiger partial charge in [-0.25, -0.2) is 0 Å². The summed E-state index contributed by atoms with van der Waals surface area (Å²) < 4.78 is 10.4. The zero-order valence-corrected chi connectivity index (χ0v) is 14.2. The van der Waals surface area contributed by atoms with Crippen LogP contribution in [0, 0.1) is 0 Å². The minimum Gasteiger partial charge on any atom is -0.497 e.